The molecule has 5 N–H and O–H groups in total. The molecule has 0 saturated heterocycles. The Morgan fingerprint density at radius 2 is 1.91 bits per heavy atom. The lowest BCUT2D eigenvalue weighted by Gasteiger charge is -1.97. The van der Waals surface area contributed by atoms with Gasteiger partial charge in [0.1, 0.15) is 0 Å². The van der Waals surface area contributed by atoms with E-state index in [4.69, 9.17) is 11.5 Å². The number of rotatable bonds is 2. The minimum absolute atomic E-state index is 0.253. The van der Waals surface area contributed by atoms with Crippen LogP contribution in [0.3, 0.4) is 0 Å². The molecule has 0 radical (unpaired) electrons. The Morgan fingerprint density at radius 1 is 1.36 bits per heavy atom. The van der Waals surface area contributed by atoms with E-state index in [9.17, 15) is 0 Å². The Hall–Kier alpha value is -1.59. The quantitative estimate of drug-likeness (QED) is 0.426. The van der Waals surface area contributed by atoms with E-state index in [-0.39, 0.29) is 11.7 Å². The fourth-order valence-corrected chi connectivity index (χ4v) is 0.606. The molecule has 0 spiro atoms. The Kier molecular flexibility index (Phi) is 2.05. The van der Waals surface area contributed by atoms with Gasteiger partial charge >= 0.3 is 0 Å². The van der Waals surface area contributed by atoms with E-state index in [1.807, 2.05) is 6.92 Å². The van der Waals surface area contributed by atoms with Crippen LogP contribution in [0.1, 0.15) is 6.92 Å². The molecule has 0 aromatic carbocycles. The van der Waals surface area contributed by atoms with Gasteiger partial charge in [-0.05, 0) is 6.92 Å². The first kappa shape index (κ1) is 7.52. The summed E-state index contributed by atoms with van der Waals surface area (Å²) in [4.78, 5) is 0. The molecule has 0 unspecified atom stereocenters. The summed E-state index contributed by atoms with van der Waals surface area (Å²) in [6.07, 6.45) is 0. The largest absolute Gasteiger partial charge is 0.380 e. The molecule has 0 fully saturated rings. The van der Waals surface area contributed by atoms with Crippen LogP contribution in [0, 0.1) is 0 Å². The van der Waals surface area contributed by atoms with Gasteiger partial charge in [-0.3, -0.25) is 0 Å². The molecule has 0 amide bonds. The molecule has 0 atom stereocenters. The Balaban J connectivity index is 2.71. The number of nitrogens with one attached hydrogen (secondary N) is 1. The van der Waals surface area contributed by atoms with Gasteiger partial charge in [-0.1, -0.05) is 0 Å². The second-order valence-electron chi connectivity index (χ2n) is 1.94. The number of hydrogen-bond donors (Lipinski definition) is 3. The second kappa shape index (κ2) is 3.00. The van der Waals surface area contributed by atoms with Gasteiger partial charge < -0.3 is 16.9 Å². The molecule has 0 aromatic heterocycles. The van der Waals surface area contributed by atoms with Gasteiger partial charge in [-0.2, -0.15) is 5.10 Å². The number of amidine groups is 2. The average Bonchev–Trinajstić information content (AvgIpc) is 2.29. The topological polar surface area (TPSA) is 101 Å². The van der Waals surface area contributed by atoms with Crippen molar-refractivity contribution in [2.75, 3.05) is 6.54 Å². The van der Waals surface area contributed by atoms with Crippen molar-refractivity contribution in [2.45, 2.75) is 6.92 Å². The number of nitrogens with zero attached hydrogens (tertiary/aromatic N) is 3. The molecule has 6 heteroatoms. The zero-order valence-electron chi connectivity index (χ0n) is 6.20. The van der Waals surface area contributed by atoms with Crippen LogP contribution >= 0.6 is 0 Å². The zero-order valence-corrected chi connectivity index (χ0v) is 6.20. The van der Waals surface area contributed by atoms with Gasteiger partial charge in [-0.25, -0.2) is 0 Å². The molecule has 1 aliphatic rings. The van der Waals surface area contributed by atoms with Crippen molar-refractivity contribution in [3.63, 3.8) is 0 Å². The molecular formula is C5H10N6. The molecule has 0 aromatic rings. The highest BCUT2D eigenvalue weighted by Crippen LogP contribution is 1.90. The van der Waals surface area contributed by atoms with E-state index in [0.29, 0.717) is 12.3 Å². The van der Waals surface area contributed by atoms with Crippen LogP contribution in [-0.4, -0.2) is 23.9 Å². The summed E-state index contributed by atoms with van der Waals surface area (Å²) >= 11 is 0. The predicted molar refractivity (Wildman–Crippen MR) is 44.4 cm³/mol. The summed E-state index contributed by atoms with van der Waals surface area (Å²) in [5, 5.41) is 10.9. The normalized spacial score (nSPS) is 15.9. The van der Waals surface area contributed by atoms with E-state index < -0.39 is 0 Å². The van der Waals surface area contributed by atoms with Crippen LogP contribution in [0.25, 0.3) is 0 Å². The SMILES string of the molecule is CCNN=C1C(N)=NN=C1N. The Labute approximate surface area is 64.0 Å². The summed E-state index contributed by atoms with van der Waals surface area (Å²) in [7, 11) is 0. The molecular weight excluding hydrogens is 144 g/mol. The van der Waals surface area contributed by atoms with Gasteiger partial charge in [0.15, 0.2) is 17.4 Å². The monoisotopic (exact) mass is 154 g/mol. The zero-order chi connectivity index (χ0) is 8.27. The van der Waals surface area contributed by atoms with E-state index in [1.165, 1.54) is 0 Å². The highest BCUT2D eigenvalue weighted by molar-refractivity contribution is 6.68. The molecule has 0 aliphatic carbocycles. The first-order valence-electron chi connectivity index (χ1n) is 3.23. The summed E-state index contributed by atoms with van der Waals surface area (Å²) in [6, 6.07) is 0. The molecule has 1 heterocycles. The first-order valence-corrected chi connectivity index (χ1v) is 3.23. The lowest BCUT2D eigenvalue weighted by molar-refractivity contribution is 0.787. The van der Waals surface area contributed by atoms with E-state index in [1.54, 1.807) is 0 Å². The summed E-state index contributed by atoms with van der Waals surface area (Å²) in [5.74, 6) is 0.506. The molecule has 11 heavy (non-hydrogen) atoms. The smallest absolute Gasteiger partial charge is 0.177 e. The third-order valence-electron chi connectivity index (χ3n) is 1.10. The third kappa shape index (κ3) is 1.46. The predicted octanol–water partition coefficient (Wildman–Crippen LogP) is -1.41. The van der Waals surface area contributed by atoms with Crippen molar-refractivity contribution in [1.29, 1.82) is 0 Å². The summed E-state index contributed by atoms with van der Waals surface area (Å²) < 4.78 is 0. The van der Waals surface area contributed by atoms with Crippen LogP contribution in [-0.2, 0) is 0 Å². The Bertz CT molecular complexity index is 217. The fraction of sp³-hybridized carbons (Fsp3) is 0.400. The third-order valence-corrected chi connectivity index (χ3v) is 1.10. The fourth-order valence-electron chi connectivity index (χ4n) is 0.606. The lowest BCUT2D eigenvalue weighted by atomic mass is 10.3. The maximum Gasteiger partial charge on any atom is 0.177 e. The molecule has 6 nitrogen and oxygen atoms in total. The van der Waals surface area contributed by atoms with Crippen molar-refractivity contribution >= 4 is 17.4 Å². The van der Waals surface area contributed by atoms with E-state index in [2.05, 4.69) is 20.7 Å². The van der Waals surface area contributed by atoms with Gasteiger partial charge in [0.2, 0.25) is 0 Å². The Morgan fingerprint density at radius 3 is 2.36 bits per heavy atom. The number of nitrogens with two attached hydrogens (primary N) is 2. The highest BCUT2D eigenvalue weighted by atomic mass is 15.3. The standard InChI is InChI=1S/C5H10N6/c1-2-8-9-3-4(6)10-11-5(3)7/h8H,2H2,1H3,(H4,6,7,9,10,11). The maximum absolute atomic E-state index is 5.39. The molecule has 1 aliphatic heterocycles. The molecule has 0 saturated carbocycles. The molecule has 0 bridgehead atoms. The highest BCUT2D eigenvalue weighted by Gasteiger charge is 2.15. The summed E-state index contributed by atoms with van der Waals surface area (Å²) in [6.45, 7) is 2.63. The van der Waals surface area contributed by atoms with Gasteiger partial charge in [-0.15, -0.1) is 10.2 Å². The van der Waals surface area contributed by atoms with Crippen LogP contribution in [0.4, 0.5) is 0 Å². The number of hydrogen-bond acceptors (Lipinski definition) is 6. The average molecular weight is 154 g/mol. The maximum atomic E-state index is 5.39. The van der Waals surface area contributed by atoms with Crippen molar-refractivity contribution in [3.05, 3.63) is 0 Å². The second-order valence-corrected chi connectivity index (χ2v) is 1.94. The minimum atomic E-state index is 0.253. The van der Waals surface area contributed by atoms with Crippen molar-refractivity contribution in [3.8, 4) is 0 Å². The first-order chi connectivity index (χ1) is 5.25. The minimum Gasteiger partial charge on any atom is -0.380 e. The van der Waals surface area contributed by atoms with Crippen LogP contribution in [0.5, 0.6) is 0 Å². The van der Waals surface area contributed by atoms with Crippen LogP contribution < -0.4 is 16.9 Å². The number of hydrazone groups is 1. The van der Waals surface area contributed by atoms with Crippen molar-refractivity contribution in [2.24, 2.45) is 26.8 Å². The van der Waals surface area contributed by atoms with Gasteiger partial charge in [0.25, 0.3) is 0 Å². The molecule has 1 rings (SSSR count). The van der Waals surface area contributed by atoms with Crippen molar-refractivity contribution in [1.82, 2.24) is 5.43 Å². The molecule has 60 valence electrons. The van der Waals surface area contributed by atoms with Gasteiger partial charge in [0, 0.05) is 6.54 Å². The lowest BCUT2D eigenvalue weighted by Crippen LogP contribution is -2.33. The van der Waals surface area contributed by atoms with Crippen LogP contribution in [0.2, 0.25) is 0 Å². The van der Waals surface area contributed by atoms with E-state index in [0.717, 1.165) is 0 Å². The van der Waals surface area contributed by atoms with Gasteiger partial charge in [0.05, 0.1) is 0 Å². The van der Waals surface area contributed by atoms with Crippen molar-refractivity contribution < 1.29 is 0 Å². The van der Waals surface area contributed by atoms with Crippen LogP contribution in [0.15, 0.2) is 15.3 Å². The van der Waals surface area contributed by atoms with E-state index >= 15 is 0 Å². The summed E-state index contributed by atoms with van der Waals surface area (Å²) in [5.41, 5.74) is 13.9.